The largest absolute Gasteiger partial charge is 0.338 e. The topological polar surface area (TPSA) is 82.3 Å². The Morgan fingerprint density at radius 3 is 1.38 bits per heavy atom. The normalized spacial score (nSPS) is 29.3. The Hall–Kier alpha value is -3.02. The van der Waals surface area contributed by atoms with Gasteiger partial charge in [-0.15, -0.1) is 0 Å². The zero-order chi connectivity index (χ0) is 25.2. The molecule has 2 aromatic rings. The van der Waals surface area contributed by atoms with Gasteiger partial charge in [0.05, 0.1) is 0 Å². The first-order valence-corrected chi connectivity index (χ1v) is 14.3. The Morgan fingerprint density at radius 1 is 0.595 bits per heavy atom. The van der Waals surface area contributed by atoms with Crippen LogP contribution in [0.5, 0.6) is 0 Å². The summed E-state index contributed by atoms with van der Waals surface area (Å²) in [5, 5.41) is 12.1. The summed E-state index contributed by atoms with van der Waals surface area (Å²) in [5.74, 6) is 4.78. The average molecular weight is 501 g/mol. The van der Waals surface area contributed by atoms with Gasteiger partial charge in [0.2, 0.25) is 0 Å². The molecule has 6 heteroatoms. The van der Waals surface area contributed by atoms with Crippen molar-refractivity contribution in [3.8, 4) is 0 Å². The molecule has 4 amide bonds. The maximum absolute atomic E-state index is 12.3. The van der Waals surface area contributed by atoms with E-state index in [0.29, 0.717) is 11.8 Å². The van der Waals surface area contributed by atoms with E-state index in [1.165, 1.54) is 62.5 Å². The Bertz CT molecular complexity index is 1010. The molecule has 37 heavy (non-hydrogen) atoms. The molecule has 6 atom stereocenters. The predicted octanol–water partition coefficient (Wildman–Crippen LogP) is 6.39. The molecule has 6 rings (SSSR count). The number of carbonyl (C=O) groups excluding carboxylic acids is 2. The van der Waals surface area contributed by atoms with Gasteiger partial charge in [-0.25, -0.2) is 9.59 Å². The van der Waals surface area contributed by atoms with Crippen LogP contribution in [0.3, 0.4) is 0 Å². The van der Waals surface area contributed by atoms with Crippen molar-refractivity contribution >= 4 is 23.4 Å². The van der Waals surface area contributed by atoms with Gasteiger partial charge in [-0.2, -0.15) is 0 Å². The zero-order valence-electron chi connectivity index (χ0n) is 21.7. The van der Waals surface area contributed by atoms with Gasteiger partial charge in [0.25, 0.3) is 0 Å². The van der Waals surface area contributed by atoms with Crippen LogP contribution in [0, 0.1) is 35.5 Å². The highest BCUT2D eigenvalue weighted by Crippen LogP contribution is 2.48. The zero-order valence-corrected chi connectivity index (χ0v) is 21.7. The lowest BCUT2D eigenvalue weighted by Gasteiger charge is -2.21. The number of rotatable bonds is 8. The molecule has 4 bridgehead atoms. The van der Waals surface area contributed by atoms with Crippen molar-refractivity contribution in [2.45, 2.75) is 57.8 Å². The molecule has 4 N–H and O–H groups in total. The monoisotopic (exact) mass is 500 g/mol. The highest BCUT2D eigenvalue weighted by Gasteiger charge is 2.40. The van der Waals surface area contributed by atoms with Gasteiger partial charge in [0.1, 0.15) is 0 Å². The number of nitrogens with one attached hydrogen (secondary N) is 4. The van der Waals surface area contributed by atoms with Crippen molar-refractivity contribution in [1.82, 2.24) is 10.6 Å². The van der Waals surface area contributed by atoms with Gasteiger partial charge in [0, 0.05) is 24.5 Å². The number of anilines is 2. The lowest BCUT2D eigenvalue weighted by Crippen LogP contribution is -2.34. The van der Waals surface area contributed by atoms with Crippen molar-refractivity contribution in [3.05, 3.63) is 59.7 Å². The second-order valence-electron chi connectivity index (χ2n) is 12.1. The van der Waals surface area contributed by atoms with E-state index < -0.39 is 0 Å². The van der Waals surface area contributed by atoms with Crippen molar-refractivity contribution in [2.75, 3.05) is 23.7 Å². The molecule has 0 radical (unpaired) electrons. The third kappa shape index (κ3) is 5.94. The van der Waals surface area contributed by atoms with E-state index in [1.54, 1.807) is 0 Å². The Labute approximate surface area is 220 Å². The van der Waals surface area contributed by atoms with Crippen LogP contribution >= 0.6 is 0 Å². The molecule has 6 nitrogen and oxygen atoms in total. The van der Waals surface area contributed by atoms with E-state index >= 15 is 0 Å². The van der Waals surface area contributed by atoms with Gasteiger partial charge >= 0.3 is 12.1 Å². The molecule has 4 fully saturated rings. The first-order valence-electron chi connectivity index (χ1n) is 14.3. The van der Waals surface area contributed by atoms with Gasteiger partial charge in [-0.05, 0) is 116 Å². The molecule has 0 heterocycles. The quantitative estimate of drug-likeness (QED) is 0.339. The van der Waals surface area contributed by atoms with Gasteiger partial charge in [0.15, 0.2) is 0 Å². The van der Waals surface area contributed by atoms with Gasteiger partial charge in [-0.1, -0.05) is 37.1 Å². The summed E-state index contributed by atoms with van der Waals surface area (Å²) in [5.41, 5.74) is 3.98. The minimum absolute atomic E-state index is 0.113. The highest BCUT2D eigenvalue weighted by atomic mass is 16.2. The van der Waals surface area contributed by atoms with Gasteiger partial charge in [-0.3, -0.25) is 0 Å². The van der Waals surface area contributed by atoms with Crippen LogP contribution in [-0.4, -0.2) is 25.2 Å². The second kappa shape index (κ2) is 10.8. The van der Waals surface area contributed by atoms with Crippen LogP contribution in [-0.2, 0) is 6.42 Å². The third-order valence-corrected chi connectivity index (χ3v) is 9.65. The number of hydrogen-bond donors (Lipinski definition) is 4. The average Bonchev–Trinajstić information content (AvgIpc) is 3.71. The summed E-state index contributed by atoms with van der Waals surface area (Å²) in [6, 6.07) is 15.8. The number of benzene rings is 2. The molecular weight excluding hydrogens is 460 g/mol. The van der Waals surface area contributed by atoms with Crippen LogP contribution in [0.25, 0.3) is 0 Å². The van der Waals surface area contributed by atoms with E-state index in [4.69, 9.17) is 0 Å². The number of hydrogen-bond acceptors (Lipinski definition) is 2. The minimum Gasteiger partial charge on any atom is -0.338 e. The number of fused-ring (bicyclic) bond motifs is 4. The van der Waals surface area contributed by atoms with Gasteiger partial charge < -0.3 is 21.3 Å². The molecule has 0 aromatic heterocycles. The summed E-state index contributed by atoms with van der Waals surface area (Å²) in [6.45, 7) is 1.58. The molecule has 2 aromatic carbocycles. The first kappa shape index (κ1) is 24.3. The summed E-state index contributed by atoms with van der Waals surface area (Å²) in [7, 11) is 0. The molecule has 0 saturated heterocycles. The molecule has 0 unspecified atom stereocenters. The molecule has 0 aliphatic heterocycles. The molecule has 196 valence electrons. The number of urea groups is 2. The first-order chi connectivity index (χ1) is 18.1. The van der Waals surface area contributed by atoms with E-state index in [0.717, 1.165) is 54.6 Å². The second-order valence-corrected chi connectivity index (χ2v) is 12.1. The van der Waals surface area contributed by atoms with E-state index in [1.807, 2.05) is 24.3 Å². The van der Waals surface area contributed by atoms with Crippen LogP contribution in [0.4, 0.5) is 21.0 Å². The van der Waals surface area contributed by atoms with Crippen LogP contribution in [0.1, 0.15) is 62.5 Å². The highest BCUT2D eigenvalue weighted by molar-refractivity contribution is 5.89. The standard InChI is InChI=1S/C31H40N4O2/c36-30(32-18-26-16-22-1-7-24(26)14-22)34-28-9-3-20(4-10-28)13-21-5-11-29(12-6-21)35-31(37)33-19-27-17-23-2-8-25(27)15-23/h3-6,9-12,22-27H,1-2,7-8,13-19H2,(H2,32,34,36)(H2,33,35,37)/t22-,23-,24-,25-,26-,27-/m0/s1. The minimum atomic E-state index is -0.113. The van der Waals surface area contributed by atoms with E-state index in [-0.39, 0.29) is 12.1 Å². The third-order valence-electron chi connectivity index (χ3n) is 9.65. The van der Waals surface area contributed by atoms with Crippen LogP contribution in [0.15, 0.2) is 48.5 Å². The predicted molar refractivity (Wildman–Crippen MR) is 148 cm³/mol. The maximum Gasteiger partial charge on any atom is 0.319 e. The maximum atomic E-state index is 12.3. The smallest absolute Gasteiger partial charge is 0.319 e. The fourth-order valence-corrected chi connectivity index (χ4v) is 7.70. The van der Waals surface area contributed by atoms with E-state index in [9.17, 15) is 9.59 Å². The molecular formula is C31H40N4O2. The summed E-state index contributed by atoms with van der Waals surface area (Å²) >= 11 is 0. The van der Waals surface area contributed by atoms with Crippen LogP contribution in [0.2, 0.25) is 0 Å². The fraction of sp³-hybridized carbons (Fsp3) is 0.548. The van der Waals surface area contributed by atoms with Crippen molar-refractivity contribution in [2.24, 2.45) is 35.5 Å². The number of amides is 4. The lowest BCUT2D eigenvalue weighted by atomic mass is 9.89. The fourth-order valence-electron chi connectivity index (χ4n) is 7.70. The lowest BCUT2D eigenvalue weighted by molar-refractivity contribution is 0.245. The molecule has 4 aliphatic carbocycles. The Morgan fingerprint density at radius 2 is 1.03 bits per heavy atom. The Kier molecular flexibility index (Phi) is 7.08. The van der Waals surface area contributed by atoms with Crippen molar-refractivity contribution in [3.63, 3.8) is 0 Å². The number of carbonyl (C=O) groups is 2. The molecule has 0 spiro atoms. The van der Waals surface area contributed by atoms with Crippen LogP contribution < -0.4 is 21.3 Å². The molecule has 4 saturated carbocycles. The van der Waals surface area contributed by atoms with E-state index in [2.05, 4.69) is 45.5 Å². The van der Waals surface area contributed by atoms with Crippen molar-refractivity contribution in [1.29, 1.82) is 0 Å². The van der Waals surface area contributed by atoms with Crippen molar-refractivity contribution < 1.29 is 9.59 Å². The molecule has 4 aliphatic rings. The summed E-state index contributed by atoms with van der Waals surface area (Å²) in [6.07, 6.45) is 11.6. The summed E-state index contributed by atoms with van der Waals surface area (Å²) in [4.78, 5) is 24.7. The SMILES string of the molecule is O=C(NC[C@@H]1C[C@H]2CC[C@H]1C2)Nc1ccc(Cc2ccc(NC(=O)NC[C@@H]3C[C@H]4CC[C@H]3C4)cc2)cc1. The Balaban J connectivity index is 0.917. The summed E-state index contributed by atoms with van der Waals surface area (Å²) < 4.78 is 0.